The Bertz CT molecular complexity index is 1610. The highest BCUT2D eigenvalue weighted by Gasteiger charge is 2.36. The maximum Gasteiger partial charge on any atom is 0.323 e. The van der Waals surface area contributed by atoms with Crippen molar-refractivity contribution in [2.75, 3.05) is 12.4 Å². The summed E-state index contributed by atoms with van der Waals surface area (Å²) in [5, 5.41) is 8.46. The molecule has 0 saturated heterocycles. The molecule has 0 unspecified atom stereocenters. The van der Waals surface area contributed by atoms with Crippen molar-refractivity contribution < 1.29 is 9.53 Å². The van der Waals surface area contributed by atoms with Gasteiger partial charge in [-0.1, -0.05) is 60.1 Å². The number of aromatic nitrogens is 3. The fourth-order valence-electron chi connectivity index (χ4n) is 5.10. The van der Waals surface area contributed by atoms with Gasteiger partial charge in [0.1, 0.15) is 11.6 Å². The van der Waals surface area contributed by atoms with Crippen LogP contribution in [-0.2, 0) is 6.54 Å². The Kier molecular flexibility index (Phi) is 6.13. The van der Waals surface area contributed by atoms with Crippen LogP contribution in [0, 0.1) is 6.92 Å². The number of halogens is 1. The van der Waals surface area contributed by atoms with E-state index in [0.29, 0.717) is 23.0 Å². The Morgan fingerprint density at radius 1 is 1.00 bits per heavy atom. The minimum absolute atomic E-state index is 0.271. The number of carbonyl (C=O) groups excluding carboxylic acids is 1. The second-order valence-corrected chi connectivity index (χ2v) is 9.59. The molecule has 0 radical (unpaired) electrons. The van der Waals surface area contributed by atoms with Crippen molar-refractivity contribution in [3.05, 3.63) is 125 Å². The zero-order valence-corrected chi connectivity index (χ0v) is 21.8. The van der Waals surface area contributed by atoms with E-state index in [2.05, 4.69) is 28.1 Å². The van der Waals surface area contributed by atoms with Crippen LogP contribution in [0.2, 0.25) is 5.02 Å². The van der Waals surface area contributed by atoms with Gasteiger partial charge in [0.15, 0.2) is 0 Å². The third kappa shape index (κ3) is 4.11. The van der Waals surface area contributed by atoms with E-state index in [1.165, 1.54) is 0 Å². The predicted molar refractivity (Wildman–Crippen MR) is 148 cm³/mol. The third-order valence-electron chi connectivity index (χ3n) is 6.87. The normalized spacial score (nSPS) is 14.4. The van der Waals surface area contributed by atoms with Gasteiger partial charge in [-0.3, -0.25) is 0 Å². The van der Waals surface area contributed by atoms with E-state index in [1.54, 1.807) is 25.3 Å². The molecule has 0 spiro atoms. The lowest BCUT2D eigenvalue weighted by Crippen LogP contribution is -2.38. The van der Waals surface area contributed by atoms with Crippen molar-refractivity contribution >= 4 is 23.3 Å². The highest BCUT2D eigenvalue weighted by atomic mass is 35.5. The van der Waals surface area contributed by atoms with Gasteiger partial charge in [-0.2, -0.15) is 5.10 Å². The van der Waals surface area contributed by atoms with Crippen LogP contribution in [0.1, 0.15) is 28.6 Å². The summed E-state index contributed by atoms with van der Waals surface area (Å²) >= 11 is 6.26. The Morgan fingerprint density at radius 3 is 2.47 bits per heavy atom. The van der Waals surface area contributed by atoms with Crippen molar-refractivity contribution in [3.63, 3.8) is 0 Å². The van der Waals surface area contributed by atoms with E-state index in [0.717, 1.165) is 34.0 Å². The summed E-state index contributed by atoms with van der Waals surface area (Å²) in [7, 11) is 1.57. The summed E-state index contributed by atoms with van der Waals surface area (Å²) in [6.45, 7) is 2.34. The van der Waals surface area contributed by atoms with Gasteiger partial charge < -0.3 is 19.5 Å². The number of rotatable bonds is 4. The number of nitrogens with one attached hydrogen (secondary N) is 1. The van der Waals surface area contributed by atoms with Crippen LogP contribution in [0.3, 0.4) is 0 Å². The fourth-order valence-corrected chi connectivity index (χ4v) is 5.27. The van der Waals surface area contributed by atoms with Crippen molar-refractivity contribution in [1.29, 1.82) is 0 Å². The van der Waals surface area contributed by atoms with E-state index < -0.39 is 0 Å². The number of ether oxygens (including phenoxy) is 1. The molecule has 0 fully saturated rings. The van der Waals surface area contributed by atoms with Gasteiger partial charge in [0.25, 0.3) is 0 Å². The Balaban J connectivity index is 1.53. The zero-order valence-electron chi connectivity index (χ0n) is 21.0. The van der Waals surface area contributed by atoms with Crippen molar-refractivity contribution in [2.24, 2.45) is 0 Å². The zero-order chi connectivity index (χ0) is 26.2. The van der Waals surface area contributed by atoms with Gasteiger partial charge in [-0.25, -0.2) is 9.48 Å². The average molecular weight is 524 g/mol. The molecule has 1 aliphatic heterocycles. The molecule has 7 nitrogen and oxygen atoms in total. The van der Waals surface area contributed by atoms with Gasteiger partial charge in [0, 0.05) is 16.8 Å². The smallest absolute Gasteiger partial charge is 0.323 e. The molecule has 190 valence electrons. The topological polar surface area (TPSA) is 64.3 Å². The van der Waals surface area contributed by atoms with E-state index in [1.807, 2.05) is 77.3 Å². The first-order valence-electron chi connectivity index (χ1n) is 12.3. The molecule has 2 amide bonds. The van der Waals surface area contributed by atoms with Crippen LogP contribution < -0.4 is 10.1 Å². The Labute approximate surface area is 225 Å². The van der Waals surface area contributed by atoms with E-state index in [4.69, 9.17) is 21.4 Å². The number of amides is 2. The van der Waals surface area contributed by atoms with Crippen LogP contribution >= 0.6 is 11.6 Å². The summed E-state index contributed by atoms with van der Waals surface area (Å²) in [4.78, 5) is 15.9. The number of methoxy groups -OCH3 is 1. The van der Waals surface area contributed by atoms with Crippen LogP contribution in [0.15, 0.2) is 97.2 Å². The van der Waals surface area contributed by atoms with Crippen LogP contribution in [0.5, 0.6) is 5.75 Å². The minimum atomic E-state index is -0.354. The predicted octanol–water partition coefficient (Wildman–Crippen LogP) is 6.77. The van der Waals surface area contributed by atoms with Crippen LogP contribution in [0.4, 0.5) is 10.5 Å². The molecule has 8 heteroatoms. The molecule has 0 saturated carbocycles. The third-order valence-corrected chi connectivity index (χ3v) is 7.10. The highest BCUT2D eigenvalue weighted by Crippen LogP contribution is 2.39. The van der Waals surface area contributed by atoms with Gasteiger partial charge in [0.05, 0.1) is 42.5 Å². The molecule has 38 heavy (non-hydrogen) atoms. The summed E-state index contributed by atoms with van der Waals surface area (Å²) in [6.07, 6.45) is 2.03. The number of carbonyl (C=O) groups is 1. The summed E-state index contributed by atoms with van der Waals surface area (Å²) in [6, 6.07) is 28.7. The number of anilines is 1. The first kappa shape index (κ1) is 23.9. The largest absolute Gasteiger partial charge is 0.495 e. The van der Waals surface area contributed by atoms with Gasteiger partial charge in [0.2, 0.25) is 0 Å². The van der Waals surface area contributed by atoms with E-state index in [9.17, 15) is 4.79 Å². The summed E-state index contributed by atoms with van der Waals surface area (Å²) in [5.74, 6) is 1.45. The standard InChI is InChI=1S/C30H26ClN5O2/c1-20-24-19-35(30(37)32-25-18-22(31)15-16-27(25)38-2)28(21-10-5-3-6-11-21)26-14-9-17-34(26)29(24)36(33-20)23-12-7-4-8-13-23/h3-18,28H,19H2,1-2H3,(H,32,37)/t28-/m0/s1. The lowest BCUT2D eigenvalue weighted by atomic mass is 10.0. The number of urea groups is 1. The first-order chi connectivity index (χ1) is 18.5. The molecular weight excluding hydrogens is 498 g/mol. The molecule has 1 atom stereocenters. The molecule has 2 aromatic heterocycles. The molecular formula is C30H26ClN5O2. The maximum absolute atomic E-state index is 14.1. The molecule has 3 heterocycles. The number of hydrogen-bond donors (Lipinski definition) is 1. The van der Waals surface area contributed by atoms with Gasteiger partial charge in [-0.05, 0) is 55.0 Å². The van der Waals surface area contributed by atoms with Crippen LogP contribution in [0.25, 0.3) is 11.5 Å². The number of benzene rings is 3. The second kappa shape index (κ2) is 9.76. The Hall–Kier alpha value is -4.49. The lowest BCUT2D eigenvalue weighted by molar-refractivity contribution is 0.194. The van der Waals surface area contributed by atoms with Crippen molar-refractivity contribution in [1.82, 2.24) is 19.2 Å². The second-order valence-electron chi connectivity index (χ2n) is 9.15. The summed E-state index contributed by atoms with van der Waals surface area (Å²) < 4.78 is 9.59. The molecule has 3 aromatic carbocycles. The van der Waals surface area contributed by atoms with Crippen molar-refractivity contribution in [2.45, 2.75) is 19.5 Å². The molecule has 6 rings (SSSR count). The number of fused-ring (bicyclic) bond motifs is 3. The lowest BCUT2D eigenvalue weighted by Gasteiger charge is -2.31. The highest BCUT2D eigenvalue weighted by molar-refractivity contribution is 6.31. The number of hydrogen-bond acceptors (Lipinski definition) is 3. The van der Waals surface area contributed by atoms with Crippen LogP contribution in [-0.4, -0.2) is 32.4 Å². The molecule has 1 aliphatic rings. The van der Waals surface area contributed by atoms with Gasteiger partial charge >= 0.3 is 6.03 Å². The van der Waals surface area contributed by atoms with E-state index >= 15 is 0 Å². The monoisotopic (exact) mass is 523 g/mol. The number of aryl methyl sites for hydroxylation is 1. The number of para-hydroxylation sites is 1. The SMILES string of the molecule is COc1ccc(Cl)cc1NC(=O)N1Cc2c(C)nn(-c3ccccc3)c2-n2cccc2[C@@H]1c1ccccc1. The Morgan fingerprint density at radius 2 is 1.74 bits per heavy atom. The van der Waals surface area contributed by atoms with E-state index in [-0.39, 0.29) is 12.1 Å². The summed E-state index contributed by atoms with van der Waals surface area (Å²) in [5.41, 5.74) is 5.25. The van der Waals surface area contributed by atoms with Gasteiger partial charge in [-0.15, -0.1) is 0 Å². The average Bonchev–Trinajstić information content (AvgIpc) is 3.50. The number of nitrogens with zero attached hydrogens (tertiary/aromatic N) is 4. The maximum atomic E-state index is 14.1. The molecule has 0 bridgehead atoms. The fraction of sp³-hybridized carbons (Fsp3) is 0.133. The molecule has 0 aliphatic carbocycles. The minimum Gasteiger partial charge on any atom is -0.495 e. The quantitative estimate of drug-likeness (QED) is 0.283. The molecule has 5 aromatic rings. The van der Waals surface area contributed by atoms with Crippen molar-refractivity contribution in [3.8, 4) is 17.3 Å². The molecule has 1 N–H and O–H groups in total. The first-order valence-corrected chi connectivity index (χ1v) is 12.7.